The van der Waals surface area contributed by atoms with Crippen LogP contribution in [0.15, 0.2) is 53.7 Å². The summed E-state index contributed by atoms with van der Waals surface area (Å²) in [5.74, 6) is 0.432. The summed E-state index contributed by atoms with van der Waals surface area (Å²) in [4.78, 5) is 33.5. The summed E-state index contributed by atoms with van der Waals surface area (Å²) in [7, 11) is 1.67. The first-order chi connectivity index (χ1) is 14.7. The lowest BCUT2D eigenvalue weighted by Gasteiger charge is -2.14. The normalized spacial score (nSPS) is 11.5. The molecule has 0 aliphatic carbocycles. The third-order valence-corrected chi connectivity index (χ3v) is 4.93. The summed E-state index contributed by atoms with van der Waals surface area (Å²) in [6.07, 6.45) is 3.07. The molecule has 0 unspecified atom stereocenters. The van der Waals surface area contributed by atoms with Crippen molar-refractivity contribution in [3.63, 3.8) is 0 Å². The minimum absolute atomic E-state index is 0.102. The Balaban J connectivity index is 1.57. The zero-order valence-corrected chi connectivity index (χ0v) is 17.7. The van der Waals surface area contributed by atoms with Crippen LogP contribution in [0.25, 0.3) is 22.2 Å². The third kappa shape index (κ3) is 4.16. The number of nitrogens with one attached hydrogen (secondary N) is 3. The predicted molar refractivity (Wildman–Crippen MR) is 120 cm³/mol. The minimum Gasteiger partial charge on any atom is -0.308 e. The average Bonchev–Trinajstić information content (AvgIpc) is 3.20. The van der Waals surface area contributed by atoms with Crippen molar-refractivity contribution in [3.05, 3.63) is 65.0 Å². The number of pyridine rings is 1. The molecular formula is C22H23N7O2. The van der Waals surface area contributed by atoms with Gasteiger partial charge in [0.25, 0.3) is 5.56 Å². The van der Waals surface area contributed by atoms with E-state index in [1.807, 2.05) is 6.07 Å². The molecular weight excluding hydrogens is 394 g/mol. The zero-order valence-electron chi connectivity index (χ0n) is 17.7. The molecule has 0 aliphatic rings. The van der Waals surface area contributed by atoms with Gasteiger partial charge >= 0.3 is 6.03 Å². The number of hydrogen-bond donors (Lipinski definition) is 3. The summed E-state index contributed by atoms with van der Waals surface area (Å²) in [5, 5.41) is 13.3. The van der Waals surface area contributed by atoms with Gasteiger partial charge in [-0.15, -0.1) is 0 Å². The first-order valence-electron chi connectivity index (χ1n) is 9.76. The van der Waals surface area contributed by atoms with Crippen molar-refractivity contribution in [1.82, 2.24) is 24.7 Å². The van der Waals surface area contributed by atoms with Crippen molar-refractivity contribution in [3.8, 4) is 11.1 Å². The number of aromatic nitrogens is 5. The van der Waals surface area contributed by atoms with Gasteiger partial charge in [-0.3, -0.25) is 19.8 Å². The maximum absolute atomic E-state index is 12.8. The molecule has 4 aromatic rings. The molecule has 158 valence electrons. The van der Waals surface area contributed by atoms with Crippen molar-refractivity contribution >= 4 is 28.6 Å². The maximum atomic E-state index is 12.8. The Morgan fingerprint density at radius 2 is 1.94 bits per heavy atom. The van der Waals surface area contributed by atoms with Crippen molar-refractivity contribution < 1.29 is 4.79 Å². The van der Waals surface area contributed by atoms with Crippen LogP contribution in [0.3, 0.4) is 0 Å². The lowest BCUT2D eigenvalue weighted by atomic mass is 9.92. The number of anilines is 2. The number of H-pyrrole nitrogens is 1. The van der Waals surface area contributed by atoms with E-state index in [9.17, 15) is 9.59 Å². The van der Waals surface area contributed by atoms with Crippen LogP contribution >= 0.6 is 0 Å². The van der Waals surface area contributed by atoms with Gasteiger partial charge in [-0.2, -0.15) is 5.10 Å². The van der Waals surface area contributed by atoms with Crippen molar-refractivity contribution in [2.45, 2.75) is 26.2 Å². The number of aryl methyl sites for hydroxylation is 1. The van der Waals surface area contributed by atoms with Crippen LogP contribution in [0, 0.1) is 0 Å². The standard InChI is InChI=1S/C22H23N7O2/c1-22(2,3)17-10-18(28-27-17)26-21(31)25-15-7-5-6-13(8-15)16-9-14-11-23-12-24-19(14)29(4)20(16)30/h5-12H,1-4H3,(H3,25,26,27,28,31). The first-order valence-corrected chi connectivity index (χ1v) is 9.76. The number of benzene rings is 1. The number of urea groups is 1. The van der Waals surface area contributed by atoms with Crippen LogP contribution < -0.4 is 16.2 Å². The van der Waals surface area contributed by atoms with Crippen LogP contribution in [0.4, 0.5) is 16.3 Å². The van der Waals surface area contributed by atoms with Gasteiger partial charge in [-0.25, -0.2) is 14.8 Å². The van der Waals surface area contributed by atoms with E-state index in [-0.39, 0.29) is 11.0 Å². The van der Waals surface area contributed by atoms with Crippen LogP contribution in [0.2, 0.25) is 0 Å². The number of hydrogen-bond acceptors (Lipinski definition) is 5. The third-order valence-electron chi connectivity index (χ3n) is 4.93. The fourth-order valence-corrected chi connectivity index (χ4v) is 3.23. The van der Waals surface area contributed by atoms with Crippen molar-refractivity contribution in [2.75, 3.05) is 10.6 Å². The molecule has 3 heterocycles. The van der Waals surface area contributed by atoms with Gasteiger partial charge in [-0.1, -0.05) is 32.9 Å². The van der Waals surface area contributed by atoms with Crippen molar-refractivity contribution in [1.29, 1.82) is 0 Å². The number of carbonyl (C=O) groups is 1. The molecule has 4 rings (SSSR count). The summed E-state index contributed by atoms with van der Waals surface area (Å²) < 4.78 is 1.49. The van der Waals surface area contributed by atoms with Crippen LogP contribution in [-0.4, -0.2) is 30.8 Å². The highest BCUT2D eigenvalue weighted by Gasteiger charge is 2.17. The van der Waals surface area contributed by atoms with Gasteiger partial charge < -0.3 is 5.32 Å². The number of aromatic amines is 1. The molecule has 0 bridgehead atoms. The second-order valence-corrected chi connectivity index (χ2v) is 8.30. The van der Waals surface area contributed by atoms with Gasteiger partial charge in [0.2, 0.25) is 0 Å². The van der Waals surface area contributed by atoms with Crippen molar-refractivity contribution in [2.24, 2.45) is 7.05 Å². The maximum Gasteiger partial charge on any atom is 0.324 e. The quantitative estimate of drug-likeness (QED) is 0.470. The molecule has 0 aliphatic heterocycles. The topological polar surface area (TPSA) is 118 Å². The number of carbonyl (C=O) groups excluding carboxylic acids is 1. The summed E-state index contributed by atoms with van der Waals surface area (Å²) in [6.45, 7) is 6.16. The van der Waals surface area contributed by atoms with E-state index in [1.165, 1.54) is 10.9 Å². The largest absolute Gasteiger partial charge is 0.324 e. The average molecular weight is 417 g/mol. The fourth-order valence-electron chi connectivity index (χ4n) is 3.23. The molecule has 2 amide bonds. The molecule has 1 aromatic carbocycles. The second kappa shape index (κ2) is 7.67. The highest BCUT2D eigenvalue weighted by Crippen LogP contribution is 2.24. The summed E-state index contributed by atoms with van der Waals surface area (Å²) in [6, 6.07) is 10.2. The molecule has 9 nitrogen and oxygen atoms in total. The Morgan fingerprint density at radius 3 is 2.68 bits per heavy atom. The highest BCUT2D eigenvalue weighted by atomic mass is 16.2. The predicted octanol–water partition coefficient (Wildman–Crippen LogP) is 3.66. The lowest BCUT2D eigenvalue weighted by Crippen LogP contribution is -2.21. The van der Waals surface area contributed by atoms with Crippen LogP contribution in [-0.2, 0) is 12.5 Å². The molecule has 0 fully saturated rings. The number of rotatable bonds is 3. The molecule has 9 heteroatoms. The molecule has 0 saturated heterocycles. The Bertz CT molecular complexity index is 1330. The number of nitrogens with zero attached hydrogens (tertiary/aromatic N) is 4. The Hall–Kier alpha value is -4.01. The van der Waals surface area contributed by atoms with E-state index >= 15 is 0 Å². The highest BCUT2D eigenvalue weighted by molar-refractivity contribution is 5.99. The second-order valence-electron chi connectivity index (χ2n) is 8.30. The van der Waals surface area contributed by atoms with E-state index in [4.69, 9.17) is 0 Å². The van der Waals surface area contributed by atoms with E-state index in [0.29, 0.717) is 28.3 Å². The van der Waals surface area contributed by atoms with Gasteiger partial charge in [0, 0.05) is 47.1 Å². The first kappa shape index (κ1) is 20.3. The van der Waals surface area contributed by atoms with Crippen LogP contribution in [0.5, 0.6) is 0 Å². The minimum atomic E-state index is -0.427. The SMILES string of the molecule is Cn1c(=O)c(-c2cccc(NC(=O)Nc3cc(C(C)(C)C)[nH]n3)c2)cc2cncnc21. The van der Waals surface area contributed by atoms with Gasteiger partial charge in [0.05, 0.1) is 0 Å². The number of fused-ring (bicyclic) bond motifs is 1. The zero-order chi connectivity index (χ0) is 22.2. The Morgan fingerprint density at radius 1 is 1.13 bits per heavy atom. The molecule has 31 heavy (non-hydrogen) atoms. The molecule has 0 spiro atoms. The van der Waals surface area contributed by atoms with Gasteiger partial charge in [0.1, 0.15) is 12.0 Å². The van der Waals surface area contributed by atoms with E-state index in [1.54, 1.807) is 43.6 Å². The van der Waals surface area contributed by atoms with Crippen LogP contribution in [0.1, 0.15) is 26.5 Å². The number of amides is 2. The molecule has 0 atom stereocenters. The monoisotopic (exact) mass is 417 g/mol. The van der Waals surface area contributed by atoms with E-state index < -0.39 is 6.03 Å². The lowest BCUT2D eigenvalue weighted by molar-refractivity contribution is 0.262. The van der Waals surface area contributed by atoms with Gasteiger partial charge in [-0.05, 0) is 23.8 Å². The Labute approximate surface area is 178 Å². The van der Waals surface area contributed by atoms with Gasteiger partial charge in [0.15, 0.2) is 5.82 Å². The smallest absolute Gasteiger partial charge is 0.308 e. The molecule has 3 N–H and O–H groups in total. The van der Waals surface area contributed by atoms with E-state index in [0.717, 1.165) is 11.1 Å². The fraction of sp³-hybridized carbons (Fsp3) is 0.227. The molecule has 0 saturated carbocycles. The van der Waals surface area contributed by atoms with E-state index in [2.05, 4.69) is 51.6 Å². The summed E-state index contributed by atoms with van der Waals surface area (Å²) >= 11 is 0. The molecule has 0 radical (unpaired) electrons. The summed E-state index contributed by atoms with van der Waals surface area (Å²) in [5.41, 5.74) is 2.92. The Kier molecular flexibility index (Phi) is 5.02. The molecule has 3 aromatic heterocycles.